The summed E-state index contributed by atoms with van der Waals surface area (Å²) in [5.74, 6) is 0.449. The van der Waals surface area contributed by atoms with Crippen LogP contribution in [0.2, 0.25) is 0 Å². The van der Waals surface area contributed by atoms with Gasteiger partial charge < -0.3 is 9.26 Å². The van der Waals surface area contributed by atoms with Crippen molar-refractivity contribution < 1.29 is 9.26 Å². The van der Waals surface area contributed by atoms with Crippen LogP contribution in [0.15, 0.2) is 45.7 Å². The van der Waals surface area contributed by atoms with Crippen LogP contribution < -0.4 is 10.4 Å². The summed E-state index contributed by atoms with van der Waals surface area (Å²) in [7, 11) is 0. The highest BCUT2D eigenvalue weighted by molar-refractivity contribution is 5.64. The lowest BCUT2D eigenvalue weighted by atomic mass is 10.1. The highest BCUT2D eigenvalue weighted by atomic mass is 16.5. The van der Waals surface area contributed by atoms with Gasteiger partial charge in [0.05, 0.1) is 12.7 Å². The molecule has 1 aromatic carbocycles. The zero-order chi connectivity index (χ0) is 11.4. The number of ether oxygens (including phenoxy) is 1. The molecule has 0 atom stereocenters. The highest BCUT2D eigenvalue weighted by Gasteiger charge is 2.09. The fourth-order valence-electron chi connectivity index (χ4n) is 1.39. The molecule has 0 unspecified atom stereocenters. The Morgan fingerprint density at radius 3 is 2.75 bits per heavy atom. The molecular weight excluding hydrogens is 206 g/mol. The van der Waals surface area contributed by atoms with E-state index < -0.39 is 5.63 Å². The highest BCUT2D eigenvalue weighted by Crippen LogP contribution is 2.25. The molecule has 1 heterocycles. The van der Waals surface area contributed by atoms with Gasteiger partial charge in [-0.2, -0.15) is 0 Å². The largest absolute Gasteiger partial charge is 0.491 e. The number of hydrogen-bond donors (Lipinski definition) is 0. The van der Waals surface area contributed by atoms with Crippen LogP contribution in [-0.4, -0.2) is 11.8 Å². The minimum absolute atomic E-state index is 0.449. The molecule has 1 aromatic heterocycles. The summed E-state index contributed by atoms with van der Waals surface area (Å²) in [5, 5.41) is 3.75. The van der Waals surface area contributed by atoms with Gasteiger partial charge in [0.2, 0.25) is 0 Å². The zero-order valence-electron chi connectivity index (χ0n) is 8.84. The van der Waals surface area contributed by atoms with Gasteiger partial charge in [-0.05, 0) is 6.92 Å². The summed E-state index contributed by atoms with van der Waals surface area (Å²) in [4.78, 5) is 11.0. The molecule has 0 bridgehead atoms. The summed E-state index contributed by atoms with van der Waals surface area (Å²) < 4.78 is 9.96. The number of benzene rings is 1. The van der Waals surface area contributed by atoms with E-state index in [9.17, 15) is 4.79 Å². The third-order valence-electron chi connectivity index (χ3n) is 2.06. The second-order valence-electron chi connectivity index (χ2n) is 3.16. The summed E-state index contributed by atoms with van der Waals surface area (Å²) in [6.07, 6.45) is 0. The van der Waals surface area contributed by atoms with Gasteiger partial charge in [-0.1, -0.05) is 35.5 Å². The molecular formula is C12H11NO3. The van der Waals surface area contributed by atoms with Gasteiger partial charge in [0.1, 0.15) is 0 Å². The molecule has 2 aromatic rings. The first-order chi connectivity index (χ1) is 7.81. The number of nitrogens with zero attached hydrogens (tertiary/aromatic N) is 1. The van der Waals surface area contributed by atoms with Crippen molar-refractivity contribution in [3.8, 4) is 17.0 Å². The van der Waals surface area contributed by atoms with Crippen LogP contribution in [0.3, 0.4) is 0 Å². The molecule has 0 aliphatic carbocycles. The van der Waals surface area contributed by atoms with Crippen molar-refractivity contribution in [3.05, 3.63) is 46.8 Å². The molecule has 0 amide bonds. The minimum Gasteiger partial charge on any atom is -0.491 e. The SMILES string of the molecule is CCOc1cc(=O)onc1-c1ccccc1. The van der Waals surface area contributed by atoms with Gasteiger partial charge in [0.15, 0.2) is 11.4 Å². The van der Waals surface area contributed by atoms with Crippen LogP contribution in [0.5, 0.6) is 5.75 Å². The fourth-order valence-corrected chi connectivity index (χ4v) is 1.39. The maximum atomic E-state index is 11.0. The van der Waals surface area contributed by atoms with Crippen LogP contribution in [0, 0.1) is 0 Å². The Morgan fingerprint density at radius 1 is 1.31 bits per heavy atom. The first kappa shape index (κ1) is 10.4. The van der Waals surface area contributed by atoms with E-state index in [-0.39, 0.29) is 0 Å². The summed E-state index contributed by atoms with van der Waals surface area (Å²) >= 11 is 0. The van der Waals surface area contributed by atoms with E-state index in [1.165, 1.54) is 6.07 Å². The zero-order valence-corrected chi connectivity index (χ0v) is 8.84. The van der Waals surface area contributed by atoms with Crippen LogP contribution >= 0.6 is 0 Å². The van der Waals surface area contributed by atoms with Crippen molar-refractivity contribution in [2.45, 2.75) is 6.92 Å². The van der Waals surface area contributed by atoms with Crippen LogP contribution in [-0.2, 0) is 0 Å². The maximum Gasteiger partial charge on any atom is 0.362 e. The normalized spacial score (nSPS) is 10.1. The quantitative estimate of drug-likeness (QED) is 0.790. The average molecular weight is 217 g/mol. The molecule has 4 nitrogen and oxygen atoms in total. The van der Waals surface area contributed by atoms with Crippen molar-refractivity contribution in [2.75, 3.05) is 6.61 Å². The Hall–Kier alpha value is -2.10. The molecule has 0 spiro atoms. The van der Waals surface area contributed by atoms with E-state index >= 15 is 0 Å². The standard InChI is InChI=1S/C12H11NO3/c1-2-15-10-8-11(14)16-13-12(10)9-6-4-3-5-7-9/h3-8H,2H2,1H3. The van der Waals surface area contributed by atoms with Gasteiger partial charge in [-0.15, -0.1) is 0 Å². The second-order valence-corrected chi connectivity index (χ2v) is 3.16. The Kier molecular flexibility index (Phi) is 3.00. The van der Waals surface area contributed by atoms with Gasteiger partial charge in [-0.3, -0.25) is 0 Å². The third kappa shape index (κ3) is 2.11. The number of aromatic nitrogens is 1. The van der Waals surface area contributed by atoms with Gasteiger partial charge in [-0.25, -0.2) is 4.79 Å². The third-order valence-corrected chi connectivity index (χ3v) is 2.06. The fraction of sp³-hybridized carbons (Fsp3) is 0.167. The van der Waals surface area contributed by atoms with E-state index in [0.717, 1.165) is 5.56 Å². The van der Waals surface area contributed by atoms with Crippen molar-refractivity contribution in [2.24, 2.45) is 0 Å². The first-order valence-corrected chi connectivity index (χ1v) is 5.00. The summed E-state index contributed by atoms with van der Waals surface area (Å²) in [5.41, 5.74) is 0.889. The average Bonchev–Trinajstić information content (AvgIpc) is 2.31. The molecule has 0 aliphatic heterocycles. The van der Waals surface area contributed by atoms with Crippen molar-refractivity contribution >= 4 is 0 Å². The van der Waals surface area contributed by atoms with E-state index in [1.807, 2.05) is 37.3 Å². The molecule has 16 heavy (non-hydrogen) atoms. The smallest absolute Gasteiger partial charge is 0.362 e. The molecule has 82 valence electrons. The lowest BCUT2D eigenvalue weighted by molar-refractivity contribution is 0.315. The Balaban J connectivity index is 2.52. The number of rotatable bonds is 3. The summed E-state index contributed by atoms with van der Waals surface area (Å²) in [6.45, 7) is 2.33. The predicted octanol–water partition coefficient (Wildman–Crippen LogP) is 2.10. The maximum absolute atomic E-state index is 11.0. The lowest BCUT2D eigenvalue weighted by Gasteiger charge is -2.06. The number of hydrogen-bond acceptors (Lipinski definition) is 4. The van der Waals surface area contributed by atoms with Crippen LogP contribution in [0.25, 0.3) is 11.3 Å². The topological polar surface area (TPSA) is 52.3 Å². The predicted molar refractivity (Wildman–Crippen MR) is 59.4 cm³/mol. The van der Waals surface area contributed by atoms with Crippen LogP contribution in [0.4, 0.5) is 0 Å². The molecule has 2 rings (SSSR count). The first-order valence-electron chi connectivity index (χ1n) is 5.00. The molecule has 0 saturated heterocycles. The minimum atomic E-state index is -0.511. The van der Waals surface area contributed by atoms with E-state index in [4.69, 9.17) is 4.74 Å². The Morgan fingerprint density at radius 2 is 2.06 bits per heavy atom. The lowest BCUT2D eigenvalue weighted by Crippen LogP contribution is -2.04. The second kappa shape index (κ2) is 4.61. The molecule has 0 aliphatic rings. The molecule has 0 radical (unpaired) electrons. The Bertz CT molecular complexity index is 519. The van der Waals surface area contributed by atoms with Gasteiger partial charge in [0, 0.05) is 5.56 Å². The Labute approximate surface area is 92.5 Å². The molecule has 0 N–H and O–H groups in total. The van der Waals surface area contributed by atoms with Gasteiger partial charge >= 0.3 is 5.63 Å². The van der Waals surface area contributed by atoms with Gasteiger partial charge in [0.25, 0.3) is 0 Å². The molecule has 0 fully saturated rings. The summed E-state index contributed by atoms with van der Waals surface area (Å²) in [6, 6.07) is 10.7. The van der Waals surface area contributed by atoms with Crippen molar-refractivity contribution in [1.82, 2.24) is 5.16 Å². The molecule has 4 heteroatoms. The van der Waals surface area contributed by atoms with Crippen LogP contribution in [0.1, 0.15) is 6.92 Å². The van der Waals surface area contributed by atoms with E-state index in [2.05, 4.69) is 9.68 Å². The monoisotopic (exact) mass is 217 g/mol. The van der Waals surface area contributed by atoms with Crippen molar-refractivity contribution in [1.29, 1.82) is 0 Å². The van der Waals surface area contributed by atoms with Crippen molar-refractivity contribution in [3.63, 3.8) is 0 Å². The van der Waals surface area contributed by atoms with E-state index in [1.54, 1.807) is 0 Å². The van der Waals surface area contributed by atoms with E-state index in [0.29, 0.717) is 18.1 Å². The molecule has 0 saturated carbocycles.